The minimum absolute atomic E-state index is 0.341. The lowest BCUT2D eigenvalue weighted by atomic mass is 10.2. The predicted octanol–water partition coefficient (Wildman–Crippen LogP) is 6.00. The van der Waals surface area contributed by atoms with E-state index in [4.69, 9.17) is 0 Å². The van der Waals surface area contributed by atoms with Crippen molar-refractivity contribution in [3.8, 4) is 0 Å². The molecule has 0 unspecified atom stereocenters. The Kier molecular flexibility index (Phi) is 6.61. The number of rotatable bonds is 6. The highest BCUT2D eigenvalue weighted by molar-refractivity contribution is 7.89. The first-order chi connectivity index (χ1) is 16.6. The number of para-hydroxylation sites is 1. The quantitative estimate of drug-likeness (QED) is 0.324. The van der Waals surface area contributed by atoms with Crippen LogP contribution in [0.1, 0.15) is 36.8 Å². The Labute approximate surface area is 201 Å². The molecule has 0 spiro atoms. The molecular formula is C28H29N3O2S. The number of hydrogen-bond acceptors (Lipinski definition) is 3. The molecular weight excluding hydrogens is 442 g/mol. The van der Waals surface area contributed by atoms with Gasteiger partial charge in [-0.1, -0.05) is 61.4 Å². The lowest BCUT2D eigenvalue weighted by molar-refractivity contribution is 0.424. The summed E-state index contributed by atoms with van der Waals surface area (Å²) in [6, 6.07) is 25.6. The zero-order chi connectivity index (χ0) is 23.4. The molecule has 0 radical (unpaired) electrons. The van der Waals surface area contributed by atoms with Crippen LogP contribution in [0, 0.1) is 0 Å². The number of sulfonamides is 1. The van der Waals surface area contributed by atoms with E-state index in [-0.39, 0.29) is 0 Å². The van der Waals surface area contributed by atoms with Crippen molar-refractivity contribution in [1.29, 1.82) is 0 Å². The van der Waals surface area contributed by atoms with E-state index in [1.165, 1.54) is 5.56 Å². The van der Waals surface area contributed by atoms with Crippen LogP contribution in [0.25, 0.3) is 10.9 Å². The van der Waals surface area contributed by atoms with Gasteiger partial charge in [-0.25, -0.2) is 8.42 Å². The number of benzene rings is 3. The van der Waals surface area contributed by atoms with Gasteiger partial charge in [-0.2, -0.15) is 4.31 Å². The van der Waals surface area contributed by atoms with Crippen molar-refractivity contribution in [2.24, 2.45) is 4.99 Å². The van der Waals surface area contributed by atoms with Gasteiger partial charge in [0, 0.05) is 48.5 Å². The van der Waals surface area contributed by atoms with Gasteiger partial charge in [-0.05, 0) is 48.7 Å². The van der Waals surface area contributed by atoms with Crippen molar-refractivity contribution < 1.29 is 8.42 Å². The van der Waals surface area contributed by atoms with E-state index in [9.17, 15) is 8.42 Å². The fraction of sp³-hybridized carbons (Fsp3) is 0.250. The van der Waals surface area contributed by atoms with E-state index in [2.05, 4.69) is 52.2 Å². The Hall–Kier alpha value is -3.22. The summed E-state index contributed by atoms with van der Waals surface area (Å²) in [6.45, 7) is 2.00. The minimum atomic E-state index is -3.45. The second-order valence-corrected chi connectivity index (χ2v) is 10.7. The summed E-state index contributed by atoms with van der Waals surface area (Å²) in [4.78, 5) is 4.99. The normalized spacial score (nSPS) is 15.6. The van der Waals surface area contributed by atoms with E-state index in [0.29, 0.717) is 18.0 Å². The monoisotopic (exact) mass is 471 g/mol. The molecule has 1 saturated heterocycles. The molecule has 1 aliphatic heterocycles. The van der Waals surface area contributed by atoms with Crippen LogP contribution < -0.4 is 0 Å². The van der Waals surface area contributed by atoms with Crippen LogP contribution in [-0.4, -0.2) is 36.6 Å². The van der Waals surface area contributed by atoms with Gasteiger partial charge in [-0.3, -0.25) is 4.99 Å². The first-order valence-corrected chi connectivity index (χ1v) is 13.3. The fourth-order valence-electron chi connectivity index (χ4n) is 4.57. The average Bonchev–Trinajstić information content (AvgIpc) is 3.02. The van der Waals surface area contributed by atoms with Gasteiger partial charge in [0.25, 0.3) is 0 Å². The van der Waals surface area contributed by atoms with Crippen molar-refractivity contribution in [2.75, 3.05) is 13.1 Å². The summed E-state index contributed by atoms with van der Waals surface area (Å²) >= 11 is 0. The van der Waals surface area contributed by atoms with E-state index < -0.39 is 10.0 Å². The van der Waals surface area contributed by atoms with Crippen LogP contribution in [0.15, 0.2) is 94.9 Å². The summed E-state index contributed by atoms with van der Waals surface area (Å²) in [7, 11) is -3.45. The minimum Gasteiger partial charge on any atom is -0.342 e. The SMILES string of the molecule is O=S(=O)(c1ccc(N=Cc2cn(Cc3ccccc3)c3ccccc23)cc1)N1CCCCCC1. The van der Waals surface area contributed by atoms with E-state index >= 15 is 0 Å². The van der Waals surface area contributed by atoms with Crippen LogP contribution in [0.4, 0.5) is 5.69 Å². The molecule has 0 N–H and O–H groups in total. The molecule has 3 aromatic carbocycles. The van der Waals surface area contributed by atoms with E-state index in [1.807, 2.05) is 24.4 Å². The number of nitrogens with zero attached hydrogens (tertiary/aromatic N) is 3. The molecule has 0 atom stereocenters. The summed E-state index contributed by atoms with van der Waals surface area (Å²) in [5.74, 6) is 0. The molecule has 6 heteroatoms. The zero-order valence-electron chi connectivity index (χ0n) is 19.2. The molecule has 1 fully saturated rings. The molecule has 5 nitrogen and oxygen atoms in total. The van der Waals surface area contributed by atoms with E-state index in [0.717, 1.165) is 54.4 Å². The fourth-order valence-corrected chi connectivity index (χ4v) is 6.09. The summed E-state index contributed by atoms with van der Waals surface area (Å²) in [5, 5.41) is 1.14. The third-order valence-electron chi connectivity index (χ3n) is 6.41. The molecule has 4 aromatic rings. The summed E-state index contributed by atoms with van der Waals surface area (Å²) in [5.41, 5.74) is 4.17. The number of aromatic nitrogens is 1. The molecule has 0 amide bonds. The van der Waals surface area contributed by atoms with E-state index in [1.54, 1.807) is 28.6 Å². The maximum atomic E-state index is 13.0. The standard InChI is InChI=1S/C28H29N3O2S/c32-34(33,31-18-8-1-2-9-19-31)26-16-14-25(15-17-26)29-20-24-22-30(21-23-10-4-3-5-11-23)28-13-7-6-12-27(24)28/h3-7,10-17,20,22H,1-2,8-9,18-19,21H2. The van der Waals surface area contributed by atoms with Crippen LogP contribution >= 0.6 is 0 Å². The number of aliphatic imine (C=N–C) groups is 1. The maximum absolute atomic E-state index is 13.0. The largest absolute Gasteiger partial charge is 0.342 e. The van der Waals surface area contributed by atoms with Gasteiger partial charge in [0.15, 0.2) is 0 Å². The van der Waals surface area contributed by atoms with Crippen LogP contribution in [-0.2, 0) is 16.6 Å². The molecule has 1 aromatic heterocycles. The Balaban J connectivity index is 1.37. The van der Waals surface area contributed by atoms with Gasteiger partial charge in [0.1, 0.15) is 0 Å². The first kappa shape index (κ1) is 22.6. The Bertz CT molecular complexity index is 1380. The highest BCUT2D eigenvalue weighted by atomic mass is 32.2. The topological polar surface area (TPSA) is 54.7 Å². The third-order valence-corrected chi connectivity index (χ3v) is 8.32. The first-order valence-electron chi connectivity index (χ1n) is 11.9. The lowest BCUT2D eigenvalue weighted by Crippen LogP contribution is -2.31. The molecule has 0 aliphatic carbocycles. The highest BCUT2D eigenvalue weighted by Crippen LogP contribution is 2.24. The second kappa shape index (κ2) is 9.95. The molecule has 0 bridgehead atoms. The van der Waals surface area contributed by atoms with Gasteiger partial charge in [0.05, 0.1) is 10.6 Å². The second-order valence-electron chi connectivity index (χ2n) is 8.79. The number of hydrogen-bond donors (Lipinski definition) is 0. The van der Waals surface area contributed by atoms with Crippen LogP contribution in [0.3, 0.4) is 0 Å². The van der Waals surface area contributed by atoms with Crippen molar-refractivity contribution in [2.45, 2.75) is 37.1 Å². The van der Waals surface area contributed by atoms with Crippen molar-refractivity contribution in [3.63, 3.8) is 0 Å². The number of fused-ring (bicyclic) bond motifs is 1. The van der Waals surface area contributed by atoms with Crippen molar-refractivity contribution in [1.82, 2.24) is 8.87 Å². The van der Waals surface area contributed by atoms with Crippen molar-refractivity contribution >= 4 is 32.8 Å². The highest BCUT2D eigenvalue weighted by Gasteiger charge is 2.24. The van der Waals surface area contributed by atoms with Gasteiger partial charge in [0.2, 0.25) is 10.0 Å². The average molecular weight is 472 g/mol. The summed E-state index contributed by atoms with van der Waals surface area (Å²) in [6.07, 6.45) is 8.04. The predicted molar refractivity (Wildman–Crippen MR) is 138 cm³/mol. The molecule has 0 saturated carbocycles. The molecule has 34 heavy (non-hydrogen) atoms. The summed E-state index contributed by atoms with van der Waals surface area (Å²) < 4.78 is 29.9. The Morgan fingerprint density at radius 2 is 1.47 bits per heavy atom. The maximum Gasteiger partial charge on any atom is 0.243 e. The molecule has 1 aliphatic rings. The van der Waals surface area contributed by atoms with Crippen molar-refractivity contribution in [3.05, 3.63) is 96.2 Å². The van der Waals surface area contributed by atoms with Gasteiger partial charge in [-0.15, -0.1) is 0 Å². The Morgan fingerprint density at radius 1 is 0.794 bits per heavy atom. The van der Waals surface area contributed by atoms with Crippen LogP contribution in [0.2, 0.25) is 0 Å². The van der Waals surface area contributed by atoms with Gasteiger partial charge >= 0.3 is 0 Å². The van der Waals surface area contributed by atoms with Crippen LogP contribution in [0.5, 0.6) is 0 Å². The Morgan fingerprint density at radius 3 is 2.21 bits per heavy atom. The lowest BCUT2D eigenvalue weighted by Gasteiger charge is -2.19. The van der Waals surface area contributed by atoms with Gasteiger partial charge < -0.3 is 4.57 Å². The zero-order valence-corrected chi connectivity index (χ0v) is 20.0. The molecule has 2 heterocycles. The molecule has 5 rings (SSSR count). The smallest absolute Gasteiger partial charge is 0.243 e. The molecule has 174 valence electrons. The third kappa shape index (κ3) is 4.83.